The number of hydrogen-bond donors (Lipinski definition) is 2. The molecule has 108 valence electrons. The lowest BCUT2D eigenvalue weighted by atomic mass is 10.2. The zero-order valence-corrected chi connectivity index (χ0v) is 12.6. The van der Waals surface area contributed by atoms with Crippen molar-refractivity contribution in [1.82, 2.24) is 13.6 Å². The van der Waals surface area contributed by atoms with E-state index in [-0.39, 0.29) is 0 Å². The third kappa shape index (κ3) is 3.03. The first kappa shape index (κ1) is 14.0. The summed E-state index contributed by atoms with van der Waals surface area (Å²) in [5.74, 6) is 0. The van der Waals surface area contributed by atoms with E-state index < -0.39 is 6.10 Å². The van der Waals surface area contributed by atoms with Gasteiger partial charge >= 0.3 is 0 Å². The minimum Gasteiger partial charge on any atom is -0.390 e. The average Bonchev–Trinajstić information content (AvgIpc) is 3.08. The quantitative estimate of drug-likeness (QED) is 0.886. The van der Waals surface area contributed by atoms with Crippen molar-refractivity contribution in [3.8, 4) is 0 Å². The summed E-state index contributed by atoms with van der Waals surface area (Å²) in [7, 11) is 0. The van der Waals surface area contributed by atoms with Gasteiger partial charge in [0.1, 0.15) is 11.0 Å². The number of aromatic nitrogens is 2. The first-order valence-electron chi connectivity index (χ1n) is 6.79. The number of nitrogens with one attached hydrogen (secondary N) is 1. The van der Waals surface area contributed by atoms with Gasteiger partial charge < -0.3 is 15.3 Å². The van der Waals surface area contributed by atoms with Crippen LogP contribution in [-0.2, 0) is 0 Å². The van der Waals surface area contributed by atoms with Crippen molar-refractivity contribution >= 4 is 40.0 Å². The van der Waals surface area contributed by atoms with E-state index >= 15 is 0 Å². The van der Waals surface area contributed by atoms with Crippen LogP contribution in [0.4, 0.5) is 5.69 Å². The molecule has 1 atom stereocenters. The van der Waals surface area contributed by atoms with Gasteiger partial charge in [0.15, 0.2) is 0 Å². The molecule has 1 aromatic heterocycles. The van der Waals surface area contributed by atoms with Gasteiger partial charge in [-0.2, -0.15) is 8.75 Å². The molecular weight excluding hydrogens is 296 g/mol. The van der Waals surface area contributed by atoms with Crippen LogP contribution >= 0.6 is 23.3 Å². The highest BCUT2D eigenvalue weighted by Gasteiger charge is 2.16. The topological polar surface area (TPSA) is 61.3 Å². The van der Waals surface area contributed by atoms with Crippen molar-refractivity contribution in [2.24, 2.45) is 0 Å². The van der Waals surface area contributed by atoms with Crippen molar-refractivity contribution < 1.29 is 5.11 Å². The molecule has 1 aliphatic heterocycles. The number of hydrogen-bond acceptors (Lipinski definition) is 6. The van der Waals surface area contributed by atoms with Gasteiger partial charge in [-0.3, -0.25) is 0 Å². The molecule has 20 heavy (non-hydrogen) atoms. The second-order valence-corrected chi connectivity index (χ2v) is 6.03. The molecule has 2 aromatic rings. The third-order valence-corrected chi connectivity index (χ3v) is 4.42. The van der Waals surface area contributed by atoms with E-state index in [1.165, 1.54) is 24.6 Å². The molecule has 1 unspecified atom stereocenters. The Bertz CT molecular complexity index is 585. The highest BCUT2D eigenvalue weighted by molar-refractivity contribution is 7.00. The third-order valence-electron chi connectivity index (χ3n) is 3.56. The molecule has 1 fully saturated rings. The van der Waals surface area contributed by atoms with Crippen LogP contribution < -0.4 is 5.32 Å². The highest BCUT2D eigenvalue weighted by atomic mass is 35.5. The fourth-order valence-electron chi connectivity index (χ4n) is 2.54. The van der Waals surface area contributed by atoms with Crippen molar-refractivity contribution in [2.45, 2.75) is 18.9 Å². The van der Waals surface area contributed by atoms with Gasteiger partial charge in [-0.1, -0.05) is 11.6 Å². The molecule has 1 saturated heterocycles. The summed E-state index contributed by atoms with van der Waals surface area (Å²) in [6.07, 6.45) is 2.05. The number of fused-ring (bicyclic) bond motifs is 1. The van der Waals surface area contributed by atoms with Crippen LogP contribution in [0, 0.1) is 0 Å². The molecule has 0 radical (unpaired) electrons. The zero-order valence-electron chi connectivity index (χ0n) is 11.0. The Morgan fingerprint density at radius 1 is 1.35 bits per heavy atom. The molecule has 3 rings (SSSR count). The van der Waals surface area contributed by atoms with Gasteiger partial charge in [0, 0.05) is 13.1 Å². The van der Waals surface area contributed by atoms with E-state index in [4.69, 9.17) is 11.6 Å². The van der Waals surface area contributed by atoms with Crippen LogP contribution in [0.3, 0.4) is 0 Å². The van der Waals surface area contributed by atoms with Crippen molar-refractivity contribution in [3.05, 3.63) is 17.2 Å². The number of rotatable bonds is 5. The molecule has 0 amide bonds. The maximum Gasteiger partial charge on any atom is 0.129 e. The Balaban J connectivity index is 1.64. The van der Waals surface area contributed by atoms with Crippen LogP contribution in [0.25, 0.3) is 11.0 Å². The van der Waals surface area contributed by atoms with Gasteiger partial charge in [0.25, 0.3) is 0 Å². The minimum absolute atomic E-state index is 0.411. The monoisotopic (exact) mass is 312 g/mol. The second kappa shape index (κ2) is 6.22. The van der Waals surface area contributed by atoms with E-state index in [1.807, 2.05) is 6.07 Å². The average molecular weight is 313 g/mol. The van der Waals surface area contributed by atoms with E-state index in [1.54, 1.807) is 6.07 Å². The number of aliphatic hydroxyl groups excluding tert-OH is 1. The van der Waals surface area contributed by atoms with E-state index in [2.05, 4.69) is 19.0 Å². The lowest BCUT2D eigenvalue weighted by molar-refractivity contribution is 0.135. The van der Waals surface area contributed by atoms with Gasteiger partial charge in [-0.15, -0.1) is 0 Å². The number of halogens is 1. The Labute approximate surface area is 126 Å². The number of anilines is 1. The Morgan fingerprint density at radius 3 is 2.95 bits per heavy atom. The number of nitrogens with zero attached hydrogens (tertiary/aromatic N) is 3. The molecule has 2 heterocycles. The van der Waals surface area contributed by atoms with Crippen molar-refractivity contribution in [3.63, 3.8) is 0 Å². The molecule has 2 N–H and O–H groups in total. The second-order valence-electron chi connectivity index (χ2n) is 5.10. The minimum atomic E-state index is -0.411. The predicted molar refractivity (Wildman–Crippen MR) is 82.6 cm³/mol. The first-order valence-corrected chi connectivity index (χ1v) is 7.90. The van der Waals surface area contributed by atoms with Crippen LogP contribution in [0.2, 0.25) is 5.02 Å². The molecule has 0 saturated carbocycles. The zero-order chi connectivity index (χ0) is 13.9. The van der Waals surface area contributed by atoms with Crippen LogP contribution in [0.5, 0.6) is 0 Å². The van der Waals surface area contributed by atoms with Crippen LogP contribution in [-0.4, -0.2) is 51.0 Å². The number of benzene rings is 1. The summed E-state index contributed by atoms with van der Waals surface area (Å²) < 4.78 is 8.44. The highest BCUT2D eigenvalue weighted by Crippen LogP contribution is 2.29. The fraction of sp³-hybridized carbons (Fsp3) is 0.538. The molecule has 0 spiro atoms. The summed E-state index contributed by atoms with van der Waals surface area (Å²) in [5.41, 5.74) is 2.37. The number of aliphatic hydroxyl groups is 1. The standard InChI is InChI=1S/C13H17ClN4OS/c14-10-3-4-11-13(17-20-16-11)12(10)15-7-9(19)8-18-5-1-2-6-18/h3-4,9,15,19H,1-2,5-8H2. The smallest absolute Gasteiger partial charge is 0.129 e. The molecule has 7 heteroatoms. The Hall–Kier alpha value is -0.950. The molecule has 0 bridgehead atoms. The van der Waals surface area contributed by atoms with Gasteiger partial charge in [-0.05, 0) is 38.1 Å². The van der Waals surface area contributed by atoms with Gasteiger partial charge in [0.2, 0.25) is 0 Å². The molecule has 1 aliphatic rings. The summed E-state index contributed by atoms with van der Waals surface area (Å²) in [6.45, 7) is 3.34. The van der Waals surface area contributed by atoms with Crippen LogP contribution in [0.1, 0.15) is 12.8 Å². The normalized spacial score (nSPS) is 17.7. The number of β-amino-alcohol motifs (C(OH)–C–C–N with tert-alkyl or cyclic N) is 1. The lowest BCUT2D eigenvalue weighted by Crippen LogP contribution is -2.34. The van der Waals surface area contributed by atoms with E-state index in [0.29, 0.717) is 18.1 Å². The SMILES string of the molecule is OC(CNc1c(Cl)ccc2nsnc12)CN1CCCC1. The molecule has 1 aromatic carbocycles. The molecule has 5 nitrogen and oxygen atoms in total. The summed E-state index contributed by atoms with van der Waals surface area (Å²) >= 11 is 7.36. The molecule has 0 aliphatic carbocycles. The lowest BCUT2D eigenvalue weighted by Gasteiger charge is -2.20. The van der Waals surface area contributed by atoms with Crippen molar-refractivity contribution in [2.75, 3.05) is 31.5 Å². The van der Waals surface area contributed by atoms with Crippen molar-refractivity contribution in [1.29, 1.82) is 0 Å². The Morgan fingerprint density at radius 2 is 2.15 bits per heavy atom. The number of likely N-dealkylation sites (tertiary alicyclic amines) is 1. The van der Waals surface area contributed by atoms with E-state index in [9.17, 15) is 5.11 Å². The maximum atomic E-state index is 10.1. The van der Waals surface area contributed by atoms with Gasteiger partial charge in [-0.25, -0.2) is 0 Å². The molecular formula is C13H17ClN4OS. The maximum absolute atomic E-state index is 10.1. The first-order chi connectivity index (χ1) is 9.74. The van der Waals surface area contributed by atoms with Crippen LogP contribution in [0.15, 0.2) is 12.1 Å². The summed E-state index contributed by atoms with van der Waals surface area (Å²) in [4.78, 5) is 2.29. The summed E-state index contributed by atoms with van der Waals surface area (Å²) in [5, 5.41) is 13.9. The van der Waals surface area contributed by atoms with Gasteiger partial charge in [0.05, 0.1) is 28.5 Å². The fourth-order valence-corrected chi connectivity index (χ4v) is 3.30. The Kier molecular flexibility index (Phi) is 4.35. The summed E-state index contributed by atoms with van der Waals surface area (Å²) in [6, 6.07) is 3.66. The van der Waals surface area contributed by atoms with E-state index in [0.717, 1.165) is 29.8 Å². The largest absolute Gasteiger partial charge is 0.390 e. The predicted octanol–water partition coefficient (Wildman–Crippen LogP) is 2.21.